The predicted octanol–water partition coefficient (Wildman–Crippen LogP) is -5.15. The van der Waals surface area contributed by atoms with Gasteiger partial charge in [0.2, 0.25) is 24.0 Å². The van der Waals surface area contributed by atoms with Crippen LogP contribution < -0.4 is 20.7 Å². The topological polar surface area (TPSA) is 327 Å². The number of nitro benzene ring substituents is 1. The van der Waals surface area contributed by atoms with Crippen LogP contribution in [0.5, 0.6) is 5.75 Å². The summed E-state index contributed by atoms with van der Waals surface area (Å²) in [5.41, 5.74) is -0.237. The molecule has 0 spiro atoms. The van der Waals surface area contributed by atoms with E-state index in [1.807, 2.05) is 0 Å². The zero-order valence-corrected chi connectivity index (χ0v) is 28.2. The van der Waals surface area contributed by atoms with E-state index in [9.17, 15) is 60.2 Å². The van der Waals surface area contributed by atoms with Crippen LogP contribution in [-0.4, -0.2) is 170 Å². The third kappa shape index (κ3) is 9.47. The Kier molecular flexibility index (Phi) is 14.2. The summed E-state index contributed by atoms with van der Waals surface area (Å²) in [5, 5.41) is 92.7. The minimum Gasteiger partial charge on any atom is -0.463 e. The average Bonchev–Trinajstić information content (AvgIpc) is 3.09. The van der Waals surface area contributed by atoms with Crippen LogP contribution in [0.3, 0.4) is 0 Å². The van der Waals surface area contributed by atoms with Crippen molar-refractivity contribution in [2.75, 3.05) is 19.8 Å². The molecule has 3 aliphatic heterocycles. The van der Waals surface area contributed by atoms with Gasteiger partial charge in [-0.25, -0.2) is 0 Å². The molecule has 0 bridgehead atoms. The number of ether oxygens (including phenoxy) is 6. The maximum Gasteiger partial charge on any atom is 0.269 e. The molecule has 10 N–H and O–H groups in total. The molecule has 1 aromatic carbocycles. The van der Waals surface area contributed by atoms with E-state index < -0.39 is 134 Å². The molecule has 0 aromatic heterocycles. The molecule has 22 nitrogen and oxygen atoms in total. The van der Waals surface area contributed by atoms with Gasteiger partial charge in [0.1, 0.15) is 78.8 Å². The summed E-state index contributed by atoms with van der Waals surface area (Å²) in [6.45, 7) is 0.890. The lowest BCUT2D eigenvalue weighted by atomic mass is 9.93. The number of hydrogen-bond acceptors (Lipinski definition) is 18. The number of rotatable bonds is 13. The monoisotopic (exact) mass is 748 g/mol. The van der Waals surface area contributed by atoms with Crippen molar-refractivity contribution in [1.82, 2.24) is 16.0 Å². The van der Waals surface area contributed by atoms with Crippen LogP contribution in [0.25, 0.3) is 0 Å². The van der Waals surface area contributed by atoms with Gasteiger partial charge in [0.25, 0.3) is 5.69 Å². The van der Waals surface area contributed by atoms with Crippen molar-refractivity contribution >= 4 is 23.4 Å². The quantitative estimate of drug-likeness (QED) is 0.0666. The summed E-state index contributed by atoms with van der Waals surface area (Å²) in [7, 11) is 0. The van der Waals surface area contributed by atoms with Crippen molar-refractivity contribution in [3.05, 3.63) is 34.4 Å². The van der Waals surface area contributed by atoms with Gasteiger partial charge in [0.15, 0.2) is 12.6 Å². The molecule has 3 heterocycles. The highest BCUT2D eigenvalue weighted by Crippen LogP contribution is 2.33. The van der Waals surface area contributed by atoms with E-state index in [0.717, 1.165) is 32.9 Å². The number of nitro groups is 1. The van der Waals surface area contributed by atoms with Crippen molar-refractivity contribution in [2.24, 2.45) is 0 Å². The first-order valence-corrected chi connectivity index (χ1v) is 16.1. The summed E-state index contributed by atoms with van der Waals surface area (Å²) >= 11 is 0. The number of amides is 3. The molecule has 3 fully saturated rings. The maximum atomic E-state index is 12.3. The van der Waals surface area contributed by atoms with E-state index >= 15 is 0 Å². The second-order valence-corrected chi connectivity index (χ2v) is 12.4. The highest BCUT2D eigenvalue weighted by molar-refractivity contribution is 5.74. The smallest absolute Gasteiger partial charge is 0.269 e. The van der Waals surface area contributed by atoms with Gasteiger partial charge in [-0.3, -0.25) is 24.5 Å². The minimum absolute atomic E-state index is 0.0468. The molecule has 3 amide bonds. The first-order chi connectivity index (χ1) is 24.6. The minimum atomic E-state index is -1.82. The number of nitrogens with one attached hydrogen (secondary N) is 3. The van der Waals surface area contributed by atoms with Crippen LogP contribution in [0.2, 0.25) is 0 Å². The summed E-state index contributed by atoms with van der Waals surface area (Å²) in [6, 6.07) is 0.420. The normalized spacial score (nSPS) is 37.8. The van der Waals surface area contributed by atoms with E-state index in [2.05, 4.69) is 16.0 Å². The fraction of sp³-hybridized carbons (Fsp3) is 0.700. The summed E-state index contributed by atoms with van der Waals surface area (Å²) < 4.78 is 35.0. The molecule has 15 atom stereocenters. The molecule has 1 aromatic rings. The Balaban J connectivity index is 1.59. The highest BCUT2D eigenvalue weighted by atomic mass is 16.7. The molecule has 292 valence electrons. The number of aliphatic hydroxyl groups is 7. The Hall–Kier alpha value is -3.65. The molecular weight excluding hydrogens is 704 g/mol. The van der Waals surface area contributed by atoms with Crippen LogP contribution in [-0.2, 0) is 38.1 Å². The lowest BCUT2D eigenvalue weighted by molar-refractivity contribution is -0.384. The van der Waals surface area contributed by atoms with Gasteiger partial charge >= 0.3 is 0 Å². The van der Waals surface area contributed by atoms with E-state index in [4.69, 9.17) is 28.4 Å². The molecule has 22 heteroatoms. The number of aliphatic hydroxyl groups excluding tert-OH is 7. The first-order valence-electron chi connectivity index (χ1n) is 16.1. The molecule has 0 radical (unpaired) electrons. The van der Waals surface area contributed by atoms with Gasteiger partial charge in [-0.15, -0.1) is 0 Å². The number of hydrogen-bond donors (Lipinski definition) is 10. The third-order valence-electron chi connectivity index (χ3n) is 8.58. The maximum absolute atomic E-state index is 12.3. The van der Waals surface area contributed by atoms with Crippen LogP contribution in [0, 0.1) is 10.1 Å². The van der Waals surface area contributed by atoms with Gasteiger partial charge < -0.3 is 80.1 Å². The molecule has 0 saturated carbocycles. The number of benzene rings is 1. The predicted molar refractivity (Wildman–Crippen MR) is 168 cm³/mol. The number of carbonyl (C=O) groups is 3. The van der Waals surface area contributed by atoms with E-state index in [1.165, 1.54) is 12.1 Å². The standard InChI is InChI=1S/C30H44N4O18/c1-11(38)31-19-23(42)22(41)16(8-35)48-29(19)51-27-18(10-37)50-30(21(25(27)44)33-13(3)40)52-26-17(9-36)49-28(20(24(26)43)32-12(2)39)47-15-6-4-14(5-7-15)34(45)46/h4-7,16-30,35-37,41-44H,8-10H2,1-3H3,(H,31,38)(H,32,39)(H,33,40)/t16-,17+,18+,19+,20-,21-,22-,23+,24+,25+,26-,27-,28+,29+,30-/m1/s1. The second kappa shape index (κ2) is 17.9. The summed E-state index contributed by atoms with van der Waals surface area (Å²) in [6.07, 6.45) is -19.3. The van der Waals surface area contributed by atoms with E-state index in [-0.39, 0.29) is 11.4 Å². The Labute approximate surface area is 295 Å². The van der Waals surface area contributed by atoms with Gasteiger partial charge in [0.05, 0.1) is 24.7 Å². The van der Waals surface area contributed by atoms with Crippen LogP contribution in [0.15, 0.2) is 24.3 Å². The molecule has 4 rings (SSSR count). The van der Waals surface area contributed by atoms with Gasteiger partial charge in [-0.05, 0) is 12.1 Å². The zero-order chi connectivity index (χ0) is 38.4. The number of nitrogens with zero attached hydrogens (tertiary/aromatic N) is 1. The average molecular weight is 749 g/mol. The molecule has 0 aliphatic carbocycles. The zero-order valence-electron chi connectivity index (χ0n) is 28.2. The Bertz CT molecular complexity index is 1390. The van der Waals surface area contributed by atoms with Crippen molar-refractivity contribution in [3.63, 3.8) is 0 Å². The fourth-order valence-corrected chi connectivity index (χ4v) is 6.14. The van der Waals surface area contributed by atoms with Gasteiger partial charge in [-0.1, -0.05) is 0 Å². The van der Waals surface area contributed by atoms with Crippen molar-refractivity contribution < 1.29 is 83.5 Å². The lowest BCUT2D eigenvalue weighted by Crippen LogP contribution is -2.71. The van der Waals surface area contributed by atoms with Gasteiger partial charge in [0, 0.05) is 32.9 Å². The van der Waals surface area contributed by atoms with Crippen LogP contribution in [0.1, 0.15) is 20.8 Å². The van der Waals surface area contributed by atoms with Crippen LogP contribution in [0.4, 0.5) is 5.69 Å². The first kappa shape index (κ1) is 41.1. The van der Waals surface area contributed by atoms with Crippen molar-refractivity contribution in [3.8, 4) is 5.75 Å². The molecular formula is C30H44N4O18. The highest BCUT2D eigenvalue weighted by Gasteiger charge is 2.55. The number of non-ortho nitro benzene ring substituents is 1. The molecule has 3 aliphatic rings. The molecule has 3 saturated heterocycles. The van der Waals surface area contributed by atoms with Crippen molar-refractivity contribution in [1.29, 1.82) is 0 Å². The summed E-state index contributed by atoms with van der Waals surface area (Å²) in [5.74, 6) is -1.97. The van der Waals surface area contributed by atoms with Gasteiger partial charge in [-0.2, -0.15) is 0 Å². The third-order valence-corrected chi connectivity index (χ3v) is 8.58. The van der Waals surface area contributed by atoms with Crippen LogP contribution >= 0.6 is 0 Å². The number of carbonyl (C=O) groups excluding carboxylic acids is 3. The fourth-order valence-electron chi connectivity index (χ4n) is 6.14. The van der Waals surface area contributed by atoms with E-state index in [0.29, 0.717) is 0 Å². The molecule has 52 heavy (non-hydrogen) atoms. The largest absolute Gasteiger partial charge is 0.463 e. The Morgan fingerprint density at radius 1 is 0.654 bits per heavy atom. The molecule has 0 unspecified atom stereocenters. The second-order valence-electron chi connectivity index (χ2n) is 12.4. The lowest BCUT2D eigenvalue weighted by Gasteiger charge is -2.50. The van der Waals surface area contributed by atoms with E-state index in [1.54, 1.807) is 0 Å². The Morgan fingerprint density at radius 3 is 1.44 bits per heavy atom. The van der Waals surface area contributed by atoms with Crippen molar-refractivity contribution in [2.45, 2.75) is 113 Å². The summed E-state index contributed by atoms with van der Waals surface area (Å²) in [4.78, 5) is 46.8. The SMILES string of the molecule is CC(=O)N[C@@H]1[C@H](O[C@H]2[C@@H](O)[C@@H](NC(C)=O)[C@@H](O[C@H]3[C@@H](O)[C@@H](NC(C)=O)[C@@H](Oc4ccc([N+](=O)[O-])cc4)O[C@H]3CO)O[C@H]2CO)O[C@H](CO)[C@@H](O)[C@H]1O. The Morgan fingerprint density at radius 2 is 1.04 bits per heavy atom.